The largest absolute Gasteiger partial charge is 0.496 e. The molecule has 0 spiro atoms. The number of nitrogens with one attached hydrogen (secondary N) is 1. The summed E-state index contributed by atoms with van der Waals surface area (Å²) in [6, 6.07) is 17.1. The Morgan fingerprint density at radius 1 is 1.00 bits per heavy atom. The third kappa shape index (κ3) is 3.88. The van der Waals surface area contributed by atoms with E-state index in [0.717, 1.165) is 22.2 Å². The van der Waals surface area contributed by atoms with E-state index in [9.17, 15) is 9.59 Å². The summed E-state index contributed by atoms with van der Waals surface area (Å²) in [5.74, 6) is 0.488. The zero-order valence-electron chi connectivity index (χ0n) is 14.1. The van der Waals surface area contributed by atoms with Gasteiger partial charge in [0.25, 0.3) is 0 Å². The number of rotatable bonds is 6. The fourth-order valence-corrected chi connectivity index (χ4v) is 2.77. The highest BCUT2D eigenvalue weighted by atomic mass is 16.5. The van der Waals surface area contributed by atoms with Crippen LogP contribution in [-0.2, 0) is 11.3 Å². The Balaban J connectivity index is 1.54. The third-order valence-corrected chi connectivity index (χ3v) is 4.10. The number of amides is 1. The maximum absolute atomic E-state index is 12.4. The number of nitrogens with zero attached hydrogens (tertiary/aromatic N) is 1. The Morgan fingerprint density at radius 3 is 2.60 bits per heavy atom. The molecule has 0 unspecified atom stereocenters. The quantitative estimate of drug-likeness (QED) is 0.750. The SMILES string of the molecule is COc1ccccc1CNC(=O)CCC(=O)n1ccc2ccccc21. The number of benzene rings is 2. The van der Waals surface area contributed by atoms with Gasteiger partial charge >= 0.3 is 0 Å². The lowest BCUT2D eigenvalue weighted by Gasteiger charge is -2.09. The lowest BCUT2D eigenvalue weighted by atomic mass is 10.2. The molecule has 1 heterocycles. The van der Waals surface area contributed by atoms with E-state index < -0.39 is 0 Å². The molecule has 1 N–H and O–H groups in total. The molecule has 3 aromatic rings. The van der Waals surface area contributed by atoms with Gasteiger partial charge < -0.3 is 10.1 Å². The molecule has 0 bridgehead atoms. The second-order valence-corrected chi connectivity index (χ2v) is 5.73. The predicted octanol–water partition coefficient (Wildman–Crippen LogP) is 3.39. The lowest BCUT2D eigenvalue weighted by molar-refractivity contribution is -0.121. The molecular formula is C20H20N2O3. The Labute approximate surface area is 146 Å². The molecule has 25 heavy (non-hydrogen) atoms. The van der Waals surface area contributed by atoms with Crippen LogP contribution in [-0.4, -0.2) is 23.5 Å². The third-order valence-electron chi connectivity index (χ3n) is 4.10. The van der Waals surface area contributed by atoms with Gasteiger partial charge in [-0.3, -0.25) is 14.2 Å². The number of hydrogen-bond acceptors (Lipinski definition) is 3. The Hall–Kier alpha value is -3.08. The van der Waals surface area contributed by atoms with Gasteiger partial charge in [0, 0.05) is 36.5 Å². The average molecular weight is 336 g/mol. The molecule has 128 valence electrons. The second kappa shape index (κ2) is 7.66. The van der Waals surface area contributed by atoms with E-state index in [1.165, 1.54) is 0 Å². The minimum atomic E-state index is -0.157. The molecule has 0 aliphatic carbocycles. The zero-order valence-corrected chi connectivity index (χ0v) is 14.1. The van der Waals surface area contributed by atoms with Crippen molar-refractivity contribution in [2.75, 3.05) is 7.11 Å². The maximum Gasteiger partial charge on any atom is 0.231 e. The Bertz CT molecular complexity index is 899. The van der Waals surface area contributed by atoms with Gasteiger partial charge in [-0.15, -0.1) is 0 Å². The van der Waals surface area contributed by atoms with Crippen LogP contribution >= 0.6 is 0 Å². The van der Waals surface area contributed by atoms with Gasteiger partial charge in [-0.1, -0.05) is 36.4 Å². The molecule has 5 heteroatoms. The van der Waals surface area contributed by atoms with Crippen molar-refractivity contribution < 1.29 is 14.3 Å². The van der Waals surface area contributed by atoms with E-state index in [4.69, 9.17) is 4.74 Å². The molecule has 2 aromatic carbocycles. The van der Waals surface area contributed by atoms with Crippen molar-refractivity contribution in [2.24, 2.45) is 0 Å². The monoisotopic (exact) mass is 336 g/mol. The number of carbonyl (C=O) groups excluding carboxylic acids is 2. The minimum Gasteiger partial charge on any atom is -0.496 e. The van der Waals surface area contributed by atoms with Crippen molar-refractivity contribution in [3.63, 3.8) is 0 Å². The van der Waals surface area contributed by atoms with Gasteiger partial charge in [0.15, 0.2) is 0 Å². The van der Waals surface area contributed by atoms with E-state index in [2.05, 4.69) is 5.32 Å². The van der Waals surface area contributed by atoms with E-state index in [1.807, 2.05) is 54.6 Å². The molecule has 0 aliphatic heterocycles. The highest BCUT2D eigenvalue weighted by Crippen LogP contribution is 2.17. The molecule has 5 nitrogen and oxygen atoms in total. The molecule has 0 atom stereocenters. The zero-order chi connectivity index (χ0) is 17.6. The fourth-order valence-electron chi connectivity index (χ4n) is 2.77. The predicted molar refractivity (Wildman–Crippen MR) is 96.6 cm³/mol. The van der Waals surface area contributed by atoms with Gasteiger partial charge in [0.2, 0.25) is 11.8 Å². The number of methoxy groups -OCH3 is 1. The summed E-state index contributed by atoms with van der Waals surface area (Å²) in [5.41, 5.74) is 1.77. The summed E-state index contributed by atoms with van der Waals surface area (Å²) in [6.07, 6.45) is 2.07. The Morgan fingerprint density at radius 2 is 1.76 bits per heavy atom. The van der Waals surface area contributed by atoms with Crippen LogP contribution in [0.15, 0.2) is 60.8 Å². The normalized spacial score (nSPS) is 10.6. The van der Waals surface area contributed by atoms with E-state index in [0.29, 0.717) is 6.54 Å². The van der Waals surface area contributed by atoms with Gasteiger partial charge in [-0.25, -0.2) is 0 Å². The van der Waals surface area contributed by atoms with Crippen molar-refractivity contribution in [3.05, 3.63) is 66.4 Å². The van der Waals surface area contributed by atoms with E-state index >= 15 is 0 Å². The number of ether oxygens (including phenoxy) is 1. The minimum absolute atomic E-state index is 0.0892. The maximum atomic E-state index is 12.4. The summed E-state index contributed by atoms with van der Waals surface area (Å²) in [6.45, 7) is 0.378. The van der Waals surface area contributed by atoms with Crippen molar-refractivity contribution in [1.29, 1.82) is 0 Å². The van der Waals surface area contributed by atoms with Gasteiger partial charge in [0.05, 0.1) is 12.6 Å². The van der Waals surface area contributed by atoms with Crippen LogP contribution < -0.4 is 10.1 Å². The molecule has 0 saturated heterocycles. The van der Waals surface area contributed by atoms with Crippen molar-refractivity contribution >= 4 is 22.7 Å². The Kier molecular flexibility index (Phi) is 5.14. The molecule has 3 rings (SSSR count). The number of fused-ring (bicyclic) bond motifs is 1. The highest BCUT2D eigenvalue weighted by Gasteiger charge is 2.11. The van der Waals surface area contributed by atoms with Crippen LogP contribution in [0, 0.1) is 0 Å². The number of hydrogen-bond donors (Lipinski definition) is 1. The van der Waals surface area contributed by atoms with Crippen LogP contribution in [0.3, 0.4) is 0 Å². The van der Waals surface area contributed by atoms with E-state index in [-0.39, 0.29) is 24.7 Å². The van der Waals surface area contributed by atoms with Crippen molar-refractivity contribution in [1.82, 2.24) is 9.88 Å². The average Bonchev–Trinajstić information content (AvgIpc) is 3.09. The van der Waals surface area contributed by atoms with Crippen LogP contribution in [0.25, 0.3) is 10.9 Å². The molecule has 0 fully saturated rings. The summed E-state index contributed by atoms with van der Waals surface area (Å²) < 4.78 is 6.86. The molecule has 0 saturated carbocycles. The fraction of sp³-hybridized carbons (Fsp3) is 0.200. The summed E-state index contributed by atoms with van der Waals surface area (Å²) in [5, 5.41) is 3.84. The molecule has 1 aromatic heterocycles. The first-order valence-electron chi connectivity index (χ1n) is 8.17. The van der Waals surface area contributed by atoms with Gasteiger partial charge in [-0.2, -0.15) is 0 Å². The first-order valence-corrected chi connectivity index (χ1v) is 8.17. The highest BCUT2D eigenvalue weighted by molar-refractivity contribution is 5.93. The van der Waals surface area contributed by atoms with Crippen LogP contribution in [0.2, 0.25) is 0 Å². The van der Waals surface area contributed by atoms with Crippen molar-refractivity contribution in [2.45, 2.75) is 19.4 Å². The molecule has 0 aliphatic rings. The summed E-state index contributed by atoms with van der Waals surface area (Å²) >= 11 is 0. The van der Waals surface area contributed by atoms with Crippen LogP contribution in [0.1, 0.15) is 23.2 Å². The number of aromatic nitrogens is 1. The molecule has 1 amide bonds. The van der Waals surface area contributed by atoms with Gasteiger partial charge in [-0.05, 0) is 18.2 Å². The number of carbonyl (C=O) groups is 2. The topological polar surface area (TPSA) is 60.3 Å². The van der Waals surface area contributed by atoms with Gasteiger partial charge in [0.1, 0.15) is 5.75 Å². The summed E-state index contributed by atoms with van der Waals surface area (Å²) in [7, 11) is 1.60. The first kappa shape index (κ1) is 16.8. The van der Waals surface area contributed by atoms with Crippen LogP contribution in [0.4, 0.5) is 0 Å². The second-order valence-electron chi connectivity index (χ2n) is 5.73. The molecule has 0 radical (unpaired) electrons. The lowest BCUT2D eigenvalue weighted by Crippen LogP contribution is -2.24. The smallest absolute Gasteiger partial charge is 0.231 e. The number of para-hydroxylation sites is 2. The first-order chi connectivity index (χ1) is 12.2. The molecular weight excluding hydrogens is 316 g/mol. The summed E-state index contributed by atoms with van der Waals surface area (Å²) in [4.78, 5) is 24.4. The standard InChI is InChI=1S/C20H20N2O3/c1-25-18-9-5-3-7-16(18)14-21-19(23)10-11-20(24)22-13-12-15-6-2-4-8-17(15)22/h2-9,12-13H,10-11,14H2,1H3,(H,21,23). The van der Waals surface area contributed by atoms with Crippen LogP contribution in [0.5, 0.6) is 5.75 Å². The van der Waals surface area contributed by atoms with E-state index in [1.54, 1.807) is 17.9 Å². The van der Waals surface area contributed by atoms with Crippen molar-refractivity contribution in [3.8, 4) is 5.75 Å².